The van der Waals surface area contributed by atoms with Crippen molar-refractivity contribution in [2.45, 2.75) is 39.2 Å². The molecule has 0 unspecified atom stereocenters. The van der Waals surface area contributed by atoms with E-state index in [1.807, 2.05) is 0 Å². The van der Waals surface area contributed by atoms with Crippen LogP contribution in [0.1, 0.15) is 30.5 Å². The van der Waals surface area contributed by atoms with Crippen molar-refractivity contribution in [1.29, 1.82) is 0 Å². The van der Waals surface area contributed by atoms with Crippen LogP contribution in [0.4, 0.5) is 24.7 Å². The first kappa shape index (κ1) is 27.2. The Kier molecular flexibility index (Phi) is 8.21. The highest BCUT2D eigenvalue weighted by Gasteiger charge is 2.31. The molecule has 0 saturated carbocycles. The number of aromatic nitrogens is 2. The number of nitrogen functional groups attached to an aromatic ring is 1. The van der Waals surface area contributed by atoms with E-state index < -0.39 is 29.8 Å². The zero-order valence-corrected chi connectivity index (χ0v) is 20.6. The number of amides is 1. The van der Waals surface area contributed by atoms with Crippen LogP contribution in [0.2, 0.25) is 0 Å². The third-order valence-electron chi connectivity index (χ3n) is 5.34. The molecule has 0 fully saturated rings. The molecule has 37 heavy (non-hydrogen) atoms. The number of nitrogens with one attached hydrogen (secondary N) is 2. The number of carbonyl (C=O) groups is 1. The van der Waals surface area contributed by atoms with Crippen molar-refractivity contribution in [1.82, 2.24) is 14.9 Å². The fourth-order valence-electron chi connectivity index (χ4n) is 3.53. The van der Waals surface area contributed by atoms with E-state index in [9.17, 15) is 22.8 Å². The monoisotopic (exact) mass is 515 g/mol. The number of nitrogens with zero attached hydrogens (tertiary/aromatic N) is 3. The van der Waals surface area contributed by atoms with Gasteiger partial charge in [-0.15, -0.1) is 0 Å². The number of nitrogens with two attached hydrogens (primary N) is 2. The van der Waals surface area contributed by atoms with E-state index in [4.69, 9.17) is 11.5 Å². The van der Waals surface area contributed by atoms with Crippen LogP contribution in [0.25, 0.3) is 11.3 Å². The molecule has 0 bridgehead atoms. The van der Waals surface area contributed by atoms with Crippen molar-refractivity contribution < 1.29 is 18.0 Å². The molecular formula is C25H28F3N7O2. The second-order valence-corrected chi connectivity index (χ2v) is 8.61. The van der Waals surface area contributed by atoms with E-state index in [0.29, 0.717) is 5.84 Å². The highest BCUT2D eigenvalue weighted by molar-refractivity contribution is 5.97. The van der Waals surface area contributed by atoms with Crippen LogP contribution >= 0.6 is 0 Å². The van der Waals surface area contributed by atoms with E-state index in [0.717, 1.165) is 27.8 Å². The van der Waals surface area contributed by atoms with Crippen LogP contribution in [0, 0.1) is 0 Å². The molecule has 0 aliphatic carbocycles. The Bertz CT molecular complexity index is 1360. The van der Waals surface area contributed by atoms with Crippen molar-refractivity contribution in [3.8, 4) is 11.3 Å². The molecule has 1 amide bonds. The van der Waals surface area contributed by atoms with Gasteiger partial charge in [-0.2, -0.15) is 13.2 Å². The molecule has 0 spiro atoms. The minimum absolute atomic E-state index is 0.00610. The number of halogens is 3. The Hall–Kier alpha value is -4.35. The van der Waals surface area contributed by atoms with Crippen LogP contribution in [0.15, 0.2) is 58.4 Å². The molecule has 0 aliphatic heterocycles. The molecule has 1 aromatic heterocycles. The maximum Gasteiger partial charge on any atom is 0.416 e. The number of anilines is 2. The summed E-state index contributed by atoms with van der Waals surface area (Å²) in [5.74, 6) is -0.179. The van der Waals surface area contributed by atoms with Gasteiger partial charge in [-0.25, -0.2) is 4.98 Å². The molecule has 0 radical (unpaired) electrons. The maximum atomic E-state index is 13.4. The minimum atomic E-state index is -4.65. The first-order chi connectivity index (χ1) is 17.4. The maximum absolute atomic E-state index is 13.4. The van der Waals surface area contributed by atoms with Crippen LogP contribution in [-0.2, 0) is 24.1 Å². The van der Waals surface area contributed by atoms with Crippen LogP contribution in [-0.4, -0.2) is 34.4 Å². The summed E-state index contributed by atoms with van der Waals surface area (Å²) in [7, 11) is 1.58. The molecule has 12 heteroatoms. The Morgan fingerprint density at radius 3 is 2.43 bits per heavy atom. The number of amidine groups is 1. The van der Waals surface area contributed by atoms with Gasteiger partial charge in [-0.05, 0) is 37.6 Å². The molecule has 1 heterocycles. The number of hydrogen-bond donors (Lipinski definition) is 4. The van der Waals surface area contributed by atoms with Crippen molar-refractivity contribution >= 4 is 23.2 Å². The number of carbonyl (C=O) groups excluding carboxylic acids is 1. The van der Waals surface area contributed by atoms with E-state index in [1.165, 1.54) is 12.3 Å². The van der Waals surface area contributed by atoms with Crippen LogP contribution < -0.4 is 27.7 Å². The molecule has 2 aromatic carbocycles. The van der Waals surface area contributed by atoms with Gasteiger partial charge in [0.2, 0.25) is 5.91 Å². The van der Waals surface area contributed by atoms with Gasteiger partial charge in [0.1, 0.15) is 12.4 Å². The fraction of sp³-hybridized carbons (Fsp3) is 0.280. The third kappa shape index (κ3) is 6.87. The lowest BCUT2D eigenvalue weighted by Crippen LogP contribution is -2.35. The summed E-state index contributed by atoms with van der Waals surface area (Å²) < 4.78 is 41.2. The number of aliphatic imine (C=N–C) groups is 1. The average Bonchev–Trinajstić information content (AvgIpc) is 2.84. The standard InChI is InChI=1S/C25H28F3N7O2/c1-14(2)34-23-24(37)35(13-21(36)32-11-15-4-6-16(7-5-15)22(30)31-3)20(12-33-23)17-8-18(25(26,27)28)10-19(29)9-17/h4-10,12,14H,11,13,29H2,1-3H3,(H2,30,31)(H,32,36)(H,33,34). The van der Waals surface area contributed by atoms with E-state index >= 15 is 0 Å². The van der Waals surface area contributed by atoms with Crippen molar-refractivity contribution in [2.75, 3.05) is 18.1 Å². The normalized spacial score (nSPS) is 12.0. The molecular weight excluding hydrogens is 487 g/mol. The summed E-state index contributed by atoms with van der Waals surface area (Å²) in [6, 6.07) is 9.88. The summed E-state index contributed by atoms with van der Waals surface area (Å²) in [4.78, 5) is 34.0. The zero-order chi connectivity index (χ0) is 27.3. The third-order valence-corrected chi connectivity index (χ3v) is 5.34. The van der Waals surface area contributed by atoms with E-state index in [-0.39, 0.29) is 35.3 Å². The topological polar surface area (TPSA) is 140 Å². The van der Waals surface area contributed by atoms with E-state index in [1.54, 1.807) is 45.2 Å². The number of alkyl halides is 3. The zero-order valence-electron chi connectivity index (χ0n) is 20.6. The molecule has 0 aliphatic rings. The van der Waals surface area contributed by atoms with Gasteiger partial charge < -0.3 is 22.1 Å². The summed E-state index contributed by atoms with van der Waals surface area (Å²) in [5, 5.41) is 5.61. The fourth-order valence-corrected chi connectivity index (χ4v) is 3.53. The lowest BCUT2D eigenvalue weighted by molar-refractivity contribution is -0.137. The molecule has 0 atom stereocenters. The Morgan fingerprint density at radius 2 is 1.84 bits per heavy atom. The molecule has 9 nitrogen and oxygen atoms in total. The summed E-state index contributed by atoms with van der Waals surface area (Å²) in [5.41, 5.74) is 11.2. The van der Waals surface area contributed by atoms with Gasteiger partial charge in [-0.1, -0.05) is 24.3 Å². The van der Waals surface area contributed by atoms with Gasteiger partial charge in [0.05, 0.1) is 17.5 Å². The Labute approximate surface area is 211 Å². The predicted octanol–water partition coefficient (Wildman–Crippen LogP) is 2.98. The summed E-state index contributed by atoms with van der Waals surface area (Å²) in [6.45, 7) is 3.30. The highest BCUT2D eigenvalue weighted by Crippen LogP contribution is 2.34. The molecule has 0 saturated heterocycles. The van der Waals surface area contributed by atoms with E-state index in [2.05, 4.69) is 20.6 Å². The highest BCUT2D eigenvalue weighted by atomic mass is 19.4. The quantitative estimate of drug-likeness (QED) is 0.207. The van der Waals surface area contributed by atoms with Gasteiger partial charge in [-0.3, -0.25) is 19.1 Å². The van der Waals surface area contributed by atoms with Gasteiger partial charge >= 0.3 is 6.18 Å². The lowest BCUT2D eigenvalue weighted by Gasteiger charge is -2.17. The van der Waals surface area contributed by atoms with Gasteiger partial charge in [0.25, 0.3) is 5.56 Å². The smallest absolute Gasteiger partial charge is 0.399 e. The van der Waals surface area contributed by atoms with Crippen LogP contribution in [0.5, 0.6) is 0 Å². The first-order valence-corrected chi connectivity index (χ1v) is 11.3. The minimum Gasteiger partial charge on any atom is -0.399 e. The number of benzene rings is 2. The summed E-state index contributed by atoms with van der Waals surface area (Å²) in [6.07, 6.45) is -3.41. The van der Waals surface area contributed by atoms with Crippen molar-refractivity contribution in [3.05, 3.63) is 75.7 Å². The summed E-state index contributed by atoms with van der Waals surface area (Å²) >= 11 is 0. The Morgan fingerprint density at radius 1 is 1.16 bits per heavy atom. The van der Waals surface area contributed by atoms with Gasteiger partial charge in [0, 0.05) is 36.4 Å². The van der Waals surface area contributed by atoms with Crippen molar-refractivity contribution in [3.63, 3.8) is 0 Å². The Balaban J connectivity index is 1.92. The average molecular weight is 516 g/mol. The molecule has 6 N–H and O–H groups in total. The number of hydrogen-bond acceptors (Lipinski definition) is 6. The molecule has 3 aromatic rings. The molecule has 196 valence electrons. The predicted molar refractivity (Wildman–Crippen MR) is 137 cm³/mol. The second-order valence-electron chi connectivity index (χ2n) is 8.61. The largest absolute Gasteiger partial charge is 0.416 e. The second kappa shape index (κ2) is 11.1. The SMILES string of the molecule is CN=C(N)c1ccc(CNC(=O)Cn2c(-c3cc(N)cc(C(F)(F)F)c3)cnc(NC(C)C)c2=O)cc1. The first-order valence-electron chi connectivity index (χ1n) is 11.3. The van der Waals surface area contributed by atoms with Crippen molar-refractivity contribution in [2.24, 2.45) is 10.7 Å². The lowest BCUT2D eigenvalue weighted by atomic mass is 10.1. The van der Waals surface area contributed by atoms with Crippen LogP contribution in [0.3, 0.4) is 0 Å². The van der Waals surface area contributed by atoms with Gasteiger partial charge in [0.15, 0.2) is 5.82 Å². The molecule has 3 rings (SSSR count). The number of rotatable bonds is 8.